The van der Waals surface area contributed by atoms with Gasteiger partial charge in [0.05, 0.1) is 30.3 Å². The fraction of sp³-hybridized carbons (Fsp3) is 0.438. The standard InChI is InChI=1S/C16H18ClN5O3/c1-10-11(2)20-9-22(15(10)24)8-14(23)21-4-3-13(7-21)25-16-18-5-12(17)6-19-16/h5-6,9,13H,3-4,7-8H2,1-2H3/t13-/m1/s1. The molecule has 1 aliphatic rings. The smallest absolute Gasteiger partial charge is 0.316 e. The van der Waals surface area contributed by atoms with Gasteiger partial charge >= 0.3 is 6.01 Å². The summed E-state index contributed by atoms with van der Waals surface area (Å²) in [6.45, 7) is 4.43. The van der Waals surface area contributed by atoms with Crippen LogP contribution >= 0.6 is 11.6 Å². The van der Waals surface area contributed by atoms with E-state index >= 15 is 0 Å². The van der Waals surface area contributed by atoms with Gasteiger partial charge in [0.15, 0.2) is 0 Å². The molecule has 8 nitrogen and oxygen atoms in total. The summed E-state index contributed by atoms with van der Waals surface area (Å²) in [5, 5.41) is 0.433. The van der Waals surface area contributed by atoms with Crippen LogP contribution in [0.3, 0.4) is 0 Å². The molecule has 3 heterocycles. The first-order valence-electron chi connectivity index (χ1n) is 7.88. The van der Waals surface area contributed by atoms with E-state index in [1.54, 1.807) is 18.7 Å². The highest BCUT2D eigenvalue weighted by Crippen LogP contribution is 2.16. The summed E-state index contributed by atoms with van der Waals surface area (Å²) in [5.41, 5.74) is 1.03. The third kappa shape index (κ3) is 3.96. The molecule has 1 saturated heterocycles. The summed E-state index contributed by atoms with van der Waals surface area (Å²) >= 11 is 5.74. The van der Waals surface area contributed by atoms with Gasteiger partial charge in [-0.1, -0.05) is 11.6 Å². The molecule has 1 amide bonds. The first-order valence-corrected chi connectivity index (χ1v) is 8.26. The van der Waals surface area contributed by atoms with Crippen molar-refractivity contribution in [1.29, 1.82) is 0 Å². The quantitative estimate of drug-likeness (QED) is 0.804. The van der Waals surface area contributed by atoms with Crippen molar-refractivity contribution in [2.45, 2.75) is 32.9 Å². The van der Waals surface area contributed by atoms with Crippen LogP contribution in [0.4, 0.5) is 0 Å². The summed E-state index contributed by atoms with van der Waals surface area (Å²) in [5.74, 6) is -0.143. The van der Waals surface area contributed by atoms with Crippen molar-refractivity contribution in [3.05, 3.63) is 45.4 Å². The van der Waals surface area contributed by atoms with Crippen molar-refractivity contribution < 1.29 is 9.53 Å². The molecule has 1 atom stereocenters. The van der Waals surface area contributed by atoms with Crippen LogP contribution in [-0.2, 0) is 11.3 Å². The minimum absolute atomic E-state index is 0.0306. The minimum Gasteiger partial charge on any atom is -0.458 e. The molecule has 0 spiro atoms. The number of carbonyl (C=O) groups is 1. The van der Waals surface area contributed by atoms with E-state index in [9.17, 15) is 9.59 Å². The second-order valence-electron chi connectivity index (χ2n) is 5.94. The Kier molecular flexibility index (Phi) is 4.98. The summed E-state index contributed by atoms with van der Waals surface area (Å²) in [6.07, 6.45) is 4.83. The Labute approximate surface area is 149 Å². The molecule has 0 aliphatic carbocycles. The van der Waals surface area contributed by atoms with Gasteiger partial charge in [-0.25, -0.2) is 15.0 Å². The van der Waals surface area contributed by atoms with Gasteiger partial charge in [-0.15, -0.1) is 0 Å². The molecule has 3 rings (SSSR count). The summed E-state index contributed by atoms with van der Waals surface area (Å²) in [7, 11) is 0. The van der Waals surface area contributed by atoms with E-state index in [0.29, 0.717) is 35.8 Å². The summed E-state index contributed by atoms with van der Waals surface area (Å²) in [6, 6.07) is 0.235. The number of ether oxygens (including phenoxy) is 1. The van der Waals surface area contributed by atoms with Crippen molar-refractivity contribution >= 4 is 17.5 Å². The van der Waals surface area contributed by atoms with E-state index in [-0.39, 0.29) is 30.1 Å². The second kappa shape index (κ2) is 7.18. The molecule has 2 aromatic rings. The Morgan fingerprint density at radius 3 is 2.76 bits per heavy atom. The second-order valence-corrected chi connectivity index (χ2v) is 6.38. The number of likely N-dealkylation sites (tertiary alicyclic amines) is 1. The molecule has 0 bridgehead atoms. The third-order valence-electron chi connectivity index (χ3n) is 4.19. The predicted octanol–water partition coefficient (Wildman–Crippen LogP) is 0.983. The number of carbonyl (C=O) groups excluding carboxylic acids is 1. The van der Waals surface area contributed by atoms with Crippen LogP contribution in [-0.4, -0.2) is 49.5 Å². The van der Waals surface area contributed by atoms with Gasteiger partial charge in [0.25, 0.3) is 5.56 Å². The Hall–Kier alpha value is -2.48. The van der Waals surface area contributed by atoms with Crippen molar-refractivity contribution in [1.82, 2.24) is 24.4 Å². The van der Waals surface area contributed by atoms with Crippen molar-refractivity contribution in [3.63, 3.8) is 0 Å². The van der Waals surface area contributed by atoms with Crippen LogP contribution < -0.4 is 10.3 Å². The lowest BCUT2D eigenvalue weighted by Gasteiger charge is -2.17. The van der Waals surface area contributed by atoms with Crippen LogP contribution in [0.2, 0.25) is 5.02 Å². The molecule has 1 aliphatic heterocycles. The maximum absolute atomic E-state index is 12.4. The average Bonchev–Trinajstić information content (AvgIpc) is 3.06. The number of amides is 1. The highest BCUT2D eigenvalue weighted by atomic mass is 35.5. The molecular formula is C16H18ClN5O3. The van der Waals surface area contributed by atoms with Gasteiger partial charge in [-0.3, -0.25) is 14.2 Å². The number of nitrogens with zero attached hydrogens (tertiary/aromatic N) is 5. The van der Waals surface area contributed by atoms with Gasteiger partial charge in [0, 0.05) is 24.2 Å². The van der Waals surface area contributed by atoms with Crippen LogP contribution in [0.1, 0.15) is 17.7 Å². The molecule has 9 heteroatoms. The highest BCUT2D eigenvalue weighted by molar-refractivity contribution is 6.30. The number of hydrogen-bond donors (Lipinski definition) is 0. The monoisotopic (exact) mass is 363 g/mol. The van der Waals surface area contributed by atoms with Gasteiger partial charge < -0.3 is 9.64 Å². The minimum atomic E-state index is -0.192. The van der Waals surface area contributed by atoms with Crippen LogP contribution in [0.25, 0.3) is 0 Å². The molecule has 1 fully saturated rings. The van der Waals surface area contributed by atoms with Gasteiger partial charge in [-0.05, 0) is 13.8 Å². The molecule has 0 unspecified atom stereocenters. The lowest BCUT2D eigenvalue weighted by Crippen LogP contribution is -2.37. The Morgan fingerprint density at radius 1 is 1.32 bits per heavy atom. The summed E-state index contributed by atoms with van der Waals surface area (Å²) in [4.78, 5) is 38.4. The van der Waals surface area contributed by atoms with E-state index in [1.807, 2.05) is 0 Å². The molecular weight excluding hydrogens is 346 g/mol. The maximum Gasteiger partial charge on any atom is 0.316 e. The Balaban J connectivity index is 1.60. The van der Waals surface area contributed by atoms with Crippen LogP contribution in [0.15, 0.2) is 23.5 Å². The van der Waals surface area contributed by atoms with Crippen LogP contribution in [0.5, 0.6) is 6.01 Å². The zero-order chi connectivity index (χ0) is 18.0. The molecule has 0 radical (unpaired) electrons. The maximum atomic E-state index is 12.4. The molecule has 2 aromatic heterocycles. The fourth-order valence-corrected chi connectivity index (χ4v) is 2.69. The average molecular weight is 364 g/mol. The lowest BCUT2D eigenvalue weighted by molar-refractivity contribution is -0.131. The molecule has 0 N–H and O–H groups in total. The lowest BCUT2D eigenvalue weighted by atomic mass is 10.3. The van der Waals surface area contributed by atoms with E-state index < -0.39 is 0 Å². The SMILES string of the molecule is Cc1ncn(CC(=O)N2CC[C@@H](Oc3ncc(Cl)cn3)C2)c(=O)c1C. The van der Waals surface area contributed by atoms with Crippen molar-refractivity contribution in [3.8, 4) is 6.01 Å². The predicted molar refractivity (Wildman–Crippen MR) is 90.6 cm³/mol. The number of halogens is 1. The zero-order valence-corrected chi connectivity index (χ0v) is 14.7. The number of rotatable bonds is 4. The third-order valence-corrected chi connectivity index (χ3v) is 4.38. The fourth-order valence-electron chi connectivity index (χ4n) is 2.60. The number of aromatic nitrogens is 4. The Bertz CT molecular complexity index is 837. The highest BCUT2D eigenvalue weighted by Gasteiger charge is 2.28. The van der Waals surface area contributed by atoms with E-state index in [1.165, 1.54) is 23.3 Å². The van der Waals surface area contributed by atoms with E-state index in [2.05, 4.69) is 15.0 Å². The van der Waals surface area contributed by atoms with E-state index in [0.717, 1.165) is 0 Å². The van der Waals surface area contributed by atoms with E-state index in [4.69, 9.17) is 16.3 Å². The first-order chi connectivity index (χ1) is 11.9. The molecule has 0 aromatic carbocycles. The molecule has 0 saturated carbocycles. The molecule has 132 valence electrons. The normalized spacial score (nSPS) is 16.9. The summed E-state index contributed by atoms with van der Waals surface area (Å²) < 4.78 is 7.00. The van der Waals surface area contributed by atoms with Gasteiger partial charge in [-0.2, -0.15) is 0 Å². The van der Waals surface area contributed by atoms with Crippen molar-refractivity contribution in [2.24, 2.45) is 0 Å². The van der Waals surface area contributed by atoms with Gasteiger partial charge in [0.2, 0.25) is 5.91 Å². The molecule has 25 heavy (non-hydrogen) atoms. The first kappa shape index (κ1) is 17.3. The topological polar surface area (TPSA) is 90.2 Å². The van der Waals surface area contributed by atoms with Crippen LogP contribution in [0, 0.1) is 13.8 Å². The Morgan fingerprint density at radius 2 is 2.04 bits per heavy atom. The number of aryl methyl sites for hydroxylation is 1. The van der Waals surface area contributed by atoms with Gasteiger partial charge in [0.1, 0.15) is 12.6 Å². The van der Waals surface area contributed by atoms with Crippen molar-refractivity contribution in [2.75, 3.05) is 13.1 Å². The zero-order valence-electron chi connectivity index (χ0n) is 14.0. The largest absolute Gasteiger partial charge is 0.458 e. The number of hydrogen-bond acceptors (Lipinski definition) is 6.